The van der Waals surface area contributed by atoms with Crippen molar-refractivity contribution in [3.8, 4) is 11.3 Å². The number of nitrogens with one attached hydrogen (secondary N) is 1. The number of anilines is 1. The van der Waals surface area contributed by atoms with Crippen molar-refractivity contribution >= 4 is 54.9 Å². The Balaban J connectivity index is 1.26. The first-order chi connectivity index (χ1) is 19.9. The van der Waals surface area contributed by atoms with Gasteiger partial charge in [0, 0.05) is 49.9 Å². The van der Waals surface area contributed by atoms with Crippen LogP contribution in [0.5, 0.6) is 0 Å². The maximum absolute atomic E-state index is 13.3. The van der Waals surface area contributed by atoms with E-state index in [4.69, 9.17) is 11.6 Å². The zero-order valence-corrected chi connectivity index (χ0v) is 25.4. The van der Waals surface area contributed by atoms with E-state index in [2.05, 4.69) is 31.3 Å². The molecule has 1 aliphatic heterocycles. The maximum atomic E-state index is 13.3. The van der Waals surface area contributed by atoms with Crippen LogP contribution in [0.15, 0.2) is 64.1 Å². The molecule has 1 amide bonds. The van der Waals surface area contributed by atoms with Gasteiger partial charge in [-0.1, -0.05) is 35.9 Å². The molecule has 0 spiro atoms. The van der Waals surface area contributed by atoms with Gasteiger partial charge in [0.25, 0.3) is 0 Å². The molecule has 0 atom stereocenters. The molecule has 0 saturated heterocycles. The first kappa shape index (κ1) is 30.3. The van der Waals surface area contributed by atoms with Crippen molar-refractivity contribution in [3.05, 3.63) is 75.4 Å². The van der Waals surface area contributed by atoms with E-state index < -0.39 is 22.1 Å². The molecule has 9 nitrogen and oxygen atoms in total. The fraction of sp³-hybridized carbons (Fsp3) is 0.296. The lowest BCUT2D eigenvalue weighted by Gasteiger charge is -2.30. The van der Waals surface area contributed by atoms with Gasteiger partial charge in [-0.15, -0.1) is 0 Å². The Labute approximate surface area is 253 Å². The third-order valence-electron chi connectivity index (χ3n) is 6.96. The van der Waals surface area contributed by atoms with Gasteiger partial charge in [-0.2, -0.15) is 22.8 Å². The highest BCUT2D eigenvalue weighted by atomic mass is 79.9. The Morgan fingerprint density at radius 3 is 2.67 bits per heavy atom. The number of hydrogen-bond acceptors (Lipinski definition) is 6. The Hall–Kier alpha value is -3.20. The number of alkyl halides is 3. The lowest BCUT2D eigenvalue weighted by molar-refractivity contribution is -0.186. The number of nitrogens with zero attached hydrogens (tertiary/aromatic N) is 5. The van der Waals surface area contributed by atoms with Crippen LogP contribution in [0.25, 0.3) is 16.9 Å². The highest BCUT2D eigenvalue weighted by Gasteiger charge is 2.43. The van der Waals surface area contributed by atoms with Crippen molar-refractivity contribution in [2.24, 2.45) is 0 Å². The second kappa shape index (κ2) is 11.8. The minimum atomic E-state index is -4.98. The van der Waals surface area contributed by atoms with E-state index in [1.165, 1.54) is 23.5 Å². The summed E-state index contributed by atoms with van der Waals surface area (Å²) in [5.41, 5.74) is 3.07. The smallest absolute Gasteiger partial charge is 0.370 e. The van der Waals surface area contributed by atoms with Gasteiger partial charge in [-0.3, -0.25) is 4.79 Å². The molecule has 0 fully saturated rings. The molecule has 0 aliphatic carbocycles. The molecule has 0 unspecified atom stereocenters. The Morgan fingerprint density at radius 2 is 1.93 bits per heavy atom. The second-order valence-electron chi connectivity index (χ2n) is 9.75. The molecular weight excluding hydrogens is 661 g/mol. The van der Waals surface area contributed by atoms with Crippen molar-refractivity contribution in [2.75, 3.05) is 32.0 Å². The van der Waals surface area contributed by atoms with Crippen molar-refractivity contribution in [3.63, 3.8) is 0 Å². The summed E-state index contributed by atoms with van der Waals surface area (Å²) in [6, 6.07) is 13.5. The highest BCUT2D eigenvalue weighted by Crippen LogP contribution is 2.31. The largest absolute Gasteiger partial charge is 0.471 e. The van der Waals surface area contributed by atoms with Gasteiger partial charge in [-0.25, -0.2) is 17.7 Å². The lowest BCUT2D eigenvalue weighted by Crippen LogP contribution is -2.43. The van der Waals surface area contributed by atoms with Crippen LogP contribution < -0.4 is 5.32 Å². The van der Waals surface area contributed by atoms with Crippen LogP contribution >= 0.6 is 27.5 Å². The average Bonchev–Trinajstić information content (AvgIpc) is 3.34. The van der Waals surface area contributed by atoms with Crippen LogP contribution in [0, 0.1) is 0 Å². The van der Waals surface area contributed by atoms with E-state index in [1.807, 2.05) is 24.3 Å². The molecule has 4 aromatic rings. The molecule has 5 rings (SSSR count). The van der Waals surface area contributed by atoms with Gasteiger partial charge >= 0.3 is 12.1 Å². The molecule has 222 valence electrons. The highest BCUT2D eigenvalue weighted by molar-refractivity contribution is 9.10. The number of sulfonamides is 1. The van der Waals surface area contributed by atoms with Crippen molar-refractivity contribution < 1.29 is 26.4 Å². The molecule has 1 N–H and O–H groups in total. The summed E-state index contributed by atoms with van der Waals surface area (Å²) in [7, 11) is -2.49. The fourth-order valence-electron chi connectivity index (χ4n) is 4.73. The summed E-state index contributed by atoms with van der Waals surface area (Å²) in [6.45, 7) is 0.185. The molecular formula is C27H25BrClF3N6O3S. The van der Waals surface area contributed by atoms with Crippen molar-refractivity contribution in [2.45, 2.75) is 30.5 Å². The van der Waals surface area contributed by atoms with E-state index in [0.717, 1.165) is 11.1 Å². The minimum absolute atomic E-state index is 0.0420. The number of rotatable bonds is 8. The number of amides is 1. The zero-order valence-electron chi connectivity index (χ0n) is 22.2. The van der Waals surface area contributed by atoms with Crippen molar-refractivity contribution in [1.82, 2.24) is 23.8 Å². The fourth-order valence-corrected chi connectivity index (χ4v) is 6.58. The van der Waals surface area contributed by atoms with E-state index >= 15 is 0 Å². The van der Waals surface area contributed by atoms with E-state index in [-0.39, 0.29) is 31.0 Å². The van der Waals surface area contributed by atoms with Gasteiger partial charge in [0.2, 0.25) is 10.0 Å². The second-order valence-corrected chi connectivity index (χ2v) is 13.1. The number of aromatic nitrogens is 3. The molecule has 42 heavy (non-hydrogen) atoms. The van der Waals surface area contributed by atoms with Gasteiger partial charge in [0.05, 0.1) is 21.3 Å². The topological polar surface area (TPSA) is 99.9 Å². The summed E-state index contributed by atoms with van der Waals surface area (Å²) in [6.07, 6.45) is -2.71. The summed E-state index contributed by atoms with van der Waals surface area (Å²) < 4.78 is 68.8. The number of carbonyl (C=O) groups is 1. The number of benzene rings is 2. The molecule has 15 heteroatoms. The standard InChI is InChI=1S/C27H25BrClF3N6O3S/c1-36(42(40,41)19-8-7-17-9-12-37(16-18(17)13-19)26(39)27(30,31)32)11-4-10-33-24-14-23(20-5-2-3-6-22(20)29)35-25-21(28)15-34-38(24)25/h2-3,5-8,13-15,33H,4,9-12,16H2,1H3. The first-order valence-electron chi connectivity index (χ1n) is 12.8. The predicted molar refractivity (Wildman–Crippen MR) is 156 cm³/mol. The van der Waals surface area contributed by atoms with Gasteiger partial charge < -0.3 is 10.2 Å². The molecule has 0 saturated carbocycles. The van der Waals surface area contributed by atoms with Crippen LogP contribution in [0.4, 0.5) is 19.0 Å². The van der Waals surface area contributed by atoms with Crippen LogP contribution in [0.1, 0.15) is 17.5 Å². The quantitative estimate of drug-likeness (QED) is 0.250. The molecule has 0 bridgehead atoms. The first-order valence-corrected chi connectivity index (χ1v) is 15.4. The predicted octanol–water partition coefficient (Wildman–Crippen LogP) is 5.38. The average molecular weight is 686 g/mol. The van der Waals surface area contributed by atoms with Crippen LogP contribution in [0.2, 0.25) is 5.02 Å². The summed E-state index contributed by atoms with van der Waals surface area (Å²) in [4.78, 5) is 17.0. The molecule has 0 radical (unpaired) electrons. The maximum Gasteiger partial charge on any atom is 0.471 e. The number of carbonyl (C=O) groups excluding carboxylic acids is 1. The van der Waals surface area contributed by atoms with E-state index in [1.54, 1.807) is 22.8 Å². The molecule has 2 aromatic carbocycles. The molecule has 1 aliphatic rings. The molecule has 3 heterocycles. The minimum Gasteiger partial charge on any atom is -0.370 e. The van der Waals surface area contributed by atoms with Gasteiger partial charge in [0.1, 0.15) is 5.82 Å². The Kier molecular flexibility index (Phi) is 8.52. The van der Waals surface area contributed by atoms with Gasteiger partial charge in [-0.05, 0) is 58.1 Å². The summed E-state index contributed by atoms with van der Waals surface area (Å²) in [5.74, 6) is -1.29. The number of fused-ring (bicyclic) bond motifs is 2. The number of halogens is 5. The number of hydrogen-bond donors (Lipinski definition) is 1. The van der Waals surface area contributed by atoms with E-state index in [9.17, 15) is 26.4 Å². The Bertz CT molecular complexity index is 1770. The normalized spacial score (nSPS) is 13.9. The monoisotopic (exact) mass is 684 g/mol. The lowest BCUT2D eigenvalue weighted by atomic mass is 10.00. The van der Waals surface area contributed by atoms with Crippen LogP contribution in [-0.2, 0) is 27.8 Å². The third kappa shape index (κ3) is 6.12. The SMILES string of the molecule is CN(CCCNc1cc(-c2ccccc2Cl)nc2c(Br)cnn12)S(=O)(=O)c1ccc2c(c1)CN(C(=O)C(F)(F)F)CC2. The van der Waals surface area contributed by atoms with Crippen LogP contribution in [0.3, 0.4) is 0 Å². The third-order valence-corrected chi connectivity index (χ3v) is 9.70. The summed E-state index contributed by atoms with van der Waals surface area (Å²) in [5, 5.41) is 8.19. The summed E-state index contributed by atoms with van der Waals surface area (Å²) >= 11 is 9.85. The van der Waals surface area contributed by atoms with E-state index in [0.29, 0.717) is 50.1 Å². The van der Waals surface area contributed by atoms with Gasteiger partial charge in [0.15, 0.2) is 5.65 Å². The zero-order chi connectivity index (χ0) is 30.2. The Morgan fingerprint density at radius 1 is 1.17 bits per heavy atom. The molecule has 2 aromatic heterocycles. The van der Waals surface area contributed by atoms with Crippen molar-refractivity contribution in [1.29, 1.82) is 0 Å². The van der Waals surface area contributed by atoms with Crippen LogP contribution in [-0.4, -0.2) is 71.0 Å².